The van der Waals surface area contributed by atoms with Crippen molar-refractivity contribution in [2.45, 2.75) is 388 Å². The first-order valence-electron chi connectivity index (χ1n) is 38.2. The standard InChI is InChI=1S/C74H144O17P2/c1-64(2)50-42-34-26-20-17-15-13-11-9-10-12-14-16-18-22-29-38-46-54-71(76)84-60-69(90-73(78)56-48-40-30-23-19-21-27-35-43-51-65(3)4)62-88-92(80,81)86-58-68(75)59-87-93(82,83)89-63-70(61-85-72(77)55-47-39-33-32-37-45-53-67(7)8)91-74(79)57-49-41-31-25-24-28-36-44-52-66(5)6/h64-70,75H,9-63H2,1-8H3,(H,80,81)(H,82,83)/t68-,69-,70-/m1/s1. The molecule has 17 nitrogen and oxygen atoms in total. The minimum Gasteiger partial charge on any atom is -0.462 e. The number of esters is 4. The van der Waals surface area contributed by atoms with E-state index in [1.54, 1.807) is 0 Å². The molecule has 0 radical (unpaired) electrons. The second kappa shape index (κ2) is 63.5. The zero-order chi connectivity index (χ0) is 68.9. The average Bonchev–Trinajstić information content (AvgIpc) is 3.61. The lowest BCUT2D eigenvalue weighted by atomic mass is 10.0. The van der Waals surface area contributed by atoms with Crippen molar-refractivity contribution in [3.05, 3.63) is 0 Å². The third kappa shape index (κ3) is 68.4. The molecule has 552 valence electrons. The summed E-state index contributed by atoms with van der Waals surface area (Å²) < 4.78 is 68.3. The Hall–Kier alpha value is -1.94. The van der Waals surface area contributed by atoms with Gasteiger partial charge in [-0.15, -0.1) is 0 Å². The number of hydrogen-bond acceptors (Lipinski definition) is 15. The monoisotopic (exact) mass is 1370 g/mol. The number of carbonyl (C=O) groups is 4. The summed E-state index contributed by atoms with van der Waals surface area (Å²) in [6, 6.07) is 0. The van der Waals surface area contributed by atoms with Crippen LogP contribution in [0.25, 0.3) is 0 Å². The van der Waals surface area contributed by atoms with Crippen LogP contribution >= 0.6 is 15.6 Å². The lowest BCUT2D eigenvalue weighted by molar-refractivity contribution is -0.161. The molecule has 2 unspecified atom stereocenters. The van der Waals surface area contributed by atoms with E-state index in [4.69, 9.17) is 37.0 Å². The molecule has 0 aromatic carbocycles. The summed E-state index contributed by atoms with van der Waals surface area (Å²) in [7, 11) is -9.91. The van der Waals surface area contributed by atoms with Crippen molar-refractivity contribution in [1.29, 1.82) is 0 Å². The van der Waals surface area contributed by atoms with Crippen LogP contribution in [0.3, 0.4) is 0 Å². The zero-order valence-corrected chi connectivity index (χ0v) is 62.7. The van der Waals surface area contributed by atoms with Gasteiger partial charge in [-0.05, 0) is 49.4 Å². The van der Waals surface area contributed by atoms with Gasteiger partial charge in [0.1, 0.15) is 19.3 Å². The molecule has 0 saturated carbocycles. The predicted octanol–water partition coefficient (Wildman–Crippen LogP) is 21.3. The van der Waals surface area contributed by atoms with Crippen LogP contribution in [0.15, 0.2) is 0 Å². The van der Waals surface area contributed by atoms with Crippen molar-refractivity contribution in [1.82, 2.24) is 0 Å². The number of ether oxygens (including phenoxy) is 4. The van der Waals surface area contributed by atoms with Gasteiger partial charge in [-0.3, -0.25) is 37.3 Å². The number of rotatable bonds is 71. The van der Waals surface area contributed by atoms with Gasteiger partial charge >= 0.3 is 39.5 Å². The molecule has 0 aliphatic carbocycles. The maximum atomic E-state index is 13.0. The predicted molar refractivity (Wildman–Crippen MR) is 377 cm³/mol. The second-order valence-corrected chi connectivity index (χ2v) is 31.5. The van der Waals surface area contributed by atoms with Gasteiger partial charge in [0.25, 0.3) is 0 Å². The Morgan fingerprint density at radius 3 is 0.667 bits per heavy atom. The summed E-state index contributed by atoms with van der Waals surface area (Å²) in [5.74, 6) is 0.828. The van der Waals surface area contributed by atoms with Gasteiger partial charge in [-0.2, -0.15) is 0 Å². The molecule has 93 heavy (non-hydrogen) atoms. The van der Waals surface area contributed by atoms with E-state index >= 15 is 0 Å². The average molecular weight is 1370 g/mol. The fraction of sp³-hybridized carbons (Fsp3) is 0.946. The zero-order valence-electron chi connectivity index (χ0n) is 60.9. The lowest BCUT2D eigenvalue weighted by Crippen LogP contribution is -2.30. The number of phosphoric ester groups is 2. The highest BCUT2D eigenvalue weighted by Gasteiger charge is 2.30. The first kappa shape index (κ1) is 91.1. The van der Waals surface area contributed by atoms with Gasteiger partial charge in [0.2, 0.25) is 0 Å². The molecule has 0 rings (SSSR count). The molecule has 3 N–H and O–H groups in total. The van der Waals surface area contributed by atoms with Crippen molar-refractivity contribution >= 4 is 39.5 Å². The first-order valence-corrected chi connectivity index (χ1v) is 41.2. The molecular weight excluding hydrogens is 1220 g/mol. The molecule has 0 bridgehead atoms. The second-order valence-electron chi connectivity index (χ2n) is 28.6. The van der Waals surface area contributed by atoms with Crippen molar-refractivity contribution in [3.8, 4) is 0 Å². The van der Waals surface area contributed by atoms with E-state index in [9.17, 15) is 43.2 Å². The van der Waals surface area contributed by atoms with Crippen molar-refractivity contribution in [2.75, 3.05) is 39.6 Å². The molecule has 19 heteroatoms. The number of aliphatic hydroxyl groups excluding tert-OH is 1. The topological polar surface area (TPSA) is 237 Å². The summed E-state index contributed by atoms with van der Waals surface area (Å²) >= 11 is 0. The Kier molecular flexibility index (Phi) is 62.2. The van der Waals surface area contributed by atoms with Crippen molar-refractivity contribution in [3.63, 3.8) is 0 Å². The van der Waals surface area contributed by atoms with Gasteiger partial charge in [-0.1, -0.05) is 319 Å². The minimum atomic E-state index is -4.96. The maximum Gasteiger partial charge on any atom is 0.472 e. The van der Waals surface area contributed by atoms with Crippen LogP contribution in [0, 0.1) is 23.7 Å². The Labute approximate surface area is 568 Å². The number of unbranched alkanes of at least 4 members (excludes halogenated alkanes) is 37. The van der Waals surface area contributed by atoms with Crippen LogP contribution in [-0.4, -0.2) is 96.7 Å². The van der Waals surface area contributed by atoms with Crippen LogP contribution in [0.1, 0.15) is 370 Å². The Bertz CT molecular complexity index is 1830. The molecule has 0 spiro atoms. The minimum absolute atomic E-state index is 0.103. The van der Waals surface area contributed by atoms with E-state index in [1.165, 1.54) is 167 Å². The summed E-state index contributed by atoms with van der Waals surface area (Å²) in [5, 5.41) is 10.6. The van der Waals surface area contributed by atoms with Crippen LogP contribution in [0.2, 0.25) is 0 Å². The number of phosphoric acid groups is 2. The molecule has 0 amide bonds. The third-order valence-electron chi connectivity index (χ3n) is 17.1. The van der Waals surface area contributed by atoms with Crippen LogP contribution < -0.4 is 0 Å². The maximum absolute atomic E-state index is 13.0. The summed E-state index contributed by atoms with van der Waals surface area (Å²) in [6.45, 7) is 14.1. The third-order valence-corrected chi connectivity index (χ3v) is 19.0. The lowest BCUT2D eigenvalue weighted by Gasteiger charge is -2.21. The number of aliphatic hydroxyl groups is 1. The largest absolute Gasteiger partial charge is 0.472 e. The van der Waals surface area contributed by atoms with E-state index in [0.717, 1.165) is 114 Å². The van der Waals surface area contributed by atoms with Gasteiger partial charge < -0.3 is 33.8 Å². The first-order chi connectivity index (χ1) is 44.6. The van der Waals surface area contributed by atoms with Crippen molar-refractivity contribution in [2.24, 2.45) is 23.7 Å². The molecule has 0 fully saturated rings. The molecule has 5 atom stereocenters. The SMILES string of the molecule is CC(C)CCCCCCCCCCCCCCCCCCCCC(=O)OC[C@H](COP(=O)(O)OC[C@@H](O)COP(=O)(O)OC[C@@H](COC(=O)CCCCCCCCC(C)C)OC(=O)CCCCCCCCCCC(C)C)OC(=O)CCCCCCCCCCCC(C)C. The number of carbonyl (C=O) groups excluding carboxylic acids is 4. The quantitative estimate of drug-likeness (QED) is 0.0222. The van der Waals surface area contributed by atoms with E-state index in [-0.39, 0.29) is 25.7 Å². The van der Waals surface area contributed by atoms with Gasteiger partial charge in [0.15, 0.2) is 12.2 Å². The molecule has 0 aromatic rings. The van der Waals surface area contributed by atoms with E-state index in [1.807, 2.05) is 0 Å². The Balaban J connectivity index is 5.15. The Morgan fingerprint density at radius 2 is 0.452 bits per heavy atom. The van der Waals surface area contributed by atoms with Crippen LogP contribution in [0.4, 0.5) is 0 Å². The van der Waals surface area contributed by atoms with Crippen molar-refractivity contribution < 1.29 is 80.2 Å². The highest BCUT2D eigenvalue weighted by atomic mass is 31.2. The normalized spacial score (nSPS) is 14.2. The fourth-order valence-corrected chi connectivity index (χ4v) is 12.8. The fourth-order valence-electron chi connectivity index (χ4n) is 11.2. The van der Waals surface area contributed by atoms with Gasteiger partial charge in [0.05, 0.1) is 26.4 Å². The smallest absolute Gasteiger partial charge is 0.462 e. The van der Waals surface area contributed by atoms with Gasteiger partial charge in [0, 0.05) is 25.7 Å². The molecule has 0 aromatic heterocycles. The van der Waals surface area contributed by atoms with E-state index < -0.39 is 97.5 Å². The van der Waals surface area contributed by atoms with Crippen LogP contribution in [-0.2, 0) is 65.4 Å². The van der Waals surface area contributed by atoms with E-state index in [2.05, 4.69) is 55.4 Å². The Morgan fingerprint density at radius 1 is 0.269 bits per heavy atom. The highest BCUT2D eigenvalue weighted by Crippen LogP contribution is 2.45. The summed E-state index contributed by atoms with van der Waals surface area (Å²) in [5.41, 5.74) is 0. The summed E-state index contributed by atoms with van der Waals surface area (Å²) in [4.78, 5) is 72.6. The molecule has 0 aliphatic rings. The number of hydrogen-bond donors (Lipinski definition) is 3. The summed E-state index contributed by atoms with van der Waals surface area (Å²) in [6.07, 6.45) is 47.6. The molecular formula is C74H144O17P2. The van der Waals surface area contributed by atoms with E-state index in [0.29, 0.717) is 31.6 Å². The van der Waals surface area contributed by atoms with Gasteiger partial charge in [-0.25, -0.2) is 9.13 Å². The molecule has 0 aliphatic heterocycles. The highest BCUT2D eigenvalue weighted by molar-refractivity contribution is 7.47. The molecule has 0 saturated heterocycles. The van der Waals surface area contributed by atoms with Crippen LogP contribution in [0.5, 0.6) is 0 Å². The molecule has 0 heterocycles.